The molecule has 0 unspecified atom stereocenters. The first-order valence-electron chi connectivity index (χ1n) is 14.0. The van der Waals surface area contributed by atoms with Gasteiger partial charge in [-0.2, -0.15) is 10.4 Å². The van der Waals surface area contributed by atoms with Gasteiger partial charge in [-0.05, 0) is 56.0 Å². The molecule has 218 valence electrons. The number of quaternary nitrogens is 1. The number of nitrogens with zero attached hydrogens (tertiary/aromatic N) is 5. The van der Waals surface area contributed by atoms with Crippen molar-refractivity contribution in [2.75, 3.05) is 26.2 Å². The topological polar surface area (TPSA) is 74.6 Å². The Hall–Kier alpha value is -3.04. The third-order valence-electron chi connectivity index (χ3n) is 6.56. The first-order valence-corrected chi connectivity index (χ1v) is 14.0. The largest absolute Gasteiger partial charge is 0.573 e. The Labute approximate surface area is 233 Å². The minimum absolute atomic E-state index is 0.221. The Balaban J connectivity index is 0.000000707. The van der Waals surface area contributed by atoms with Crippen LogP contribution in [0.15, 0.2) is 30.3 Å². The van der Waals surface area contributed by atoms with Crippen molar-refractivity contribution in [2.45, 2.75) is 91.8 Å². The molecule has 39 heavy (non-hydrogen) atoms. The quantitative estimate of drug-likeness (QED) is 0.166. The first-order chi connectivity index (χ1) is 18.6. The lowest BCUT2D eigenvalue weighted by molar-refractivity contribution is -0.929. The molecule has 0 aliphatic rings. The van der Waals surface area contributed by atoms with Crippen molar-refractivity contribution in [3.8, 4) is 23.1 Å². The third kappa shape index (κ3) is 14.6. The summed E-state index contributed by atoms with van der Waals surface area (Å²) >= 11 is 0. The molecule has 6 nitrogen and oxygen atoms in total. The van der Waals surface area contributed by atoms with E-state index in [2.05, 4.69) is 37.5 Å². The number of hydrogen-bond acceptors (Lipinski definition) is 4. The van der Waals surface area contributed by atoms with Gasteiger partial charge >= 0.3 is 6.36 Å². The minimum atomic E-state index is -4.70. The molecule has 0 N–H and O–H groups in total. The predicted octanol–water partition coefficient (Wildman–Crippen LogP) is 8.15. The van der Waals surface area contributed by atoms with Gasteiger partial charge in [0.2, 0.25) is 0 Å². The zero-order valence-corrected chi connectivity index (χ0v) is 24.4. The fourth-order valence-electron chi connectivity index (χ4n) is 4.37. The average molecular weight is 550 g/mol. The molecule has 9 heteroatoms. The van der Waals surface area contributed by atoms with Crippen LogP contribution in [0.2, 0.25) is 0 Å². The zero-order chi connectivity index (χ0) is 29.7. The maximum absolute atomic E-state index is 12.0. The van der Waals surface area contributed by atoms with Crippen LogP contribution < -0.4 is 4.74 Å². The van der Waals surface area contributed by atoms with Crippen molar-refractivity contribution in [3.05, 3.63) is 42.6 Å². The van der Waals surface area contributed by atoms with Crippen LogP contribution >= 0.6 is 0 Å². The average Bonchev–Trinajstić information content (AvgIpc) is 3.29. The molecule has 0 bridgehead atoms. The lowest BCUT2D eigenvalue weighted by Gasteiger charge is -2.39. The molecule has 1 aromatic heterocycles. The van der Waals surface area contributed by atoms with Gasteiger partial charge in [0.15, 0.2) is 0 Å². The molecule has 0 radical (unpaired) electrons. The minimum Gasteiger partial charge on any atom is -0.512 e. The van der Waals surface area contributed by atoms with Gasteiger partial charge in [0.05, 0.1) is 50.1 Å². The summed E-state index contributed by atoms with van der Waals surface area (Å²) in [5.74, 6) is -0.283. The second-order valence-electron chi connectivity index (χ2n) is 9.70. The van der Waals surface area contributed by atoms with E-state index in [-0.39, 0.29) is 12.2 Å². The number of alkyl halides is 3. The summed E-state index contributed by atoms with van der Waals surface area (Å²) in [5, 5.41) is 19.1. The lowest BCUT2D eigenvalue weighted by atomic mass is 10.1. The molecule has 0 saturated carbocycles. The van der Waals surface area contributed by atoms with Gasteiger partial charge in [0, 0.05) is 12.6 Å². The van der Waals surface area contributed by atoms with Gasteiger partial charge in [-0.25, -0.2) is 0 Å². The summed E-state index contributed by atoms with van der Waals surface area (Å²) in [6.45, 7) is 19.8. The standard InChI is InChI=1S/C16H36N.C13H10F3N3O.CN/c1-5-9-13-17(14-10-6-2,15-11-7-3)16-12-8-4;1-19-10(6-7-17)8-12(18-19)9-2-4-11(5-3-9)20-13(14,15)16;1-2/h5-16H2,1-4H3;2-5,8H,6H2,1H3;/q+1;;-1. The Bertz CT molecular complexity index is 924. The van der Waals surface area contributed by atoms with Crippen molar-refractivity contribution in [1.82, 2.24) is 9.78 Å². The van der Waals surface area contributed by atoms with E-state index in [9.17, 15) is 13.2 Å². The Morgan fingerprint density at radius 3 is 1.67 bits per heavy atom. The highest BCUT2D eigenvalue weighted by atomic mass is 19.4. The van der Waals surface area contributed by atoms with Crippen molar-refractivity contribution in [1.29, 1.82) is 10.5 Å². The number of aromatic nitrogens is 2. The molecule has 0 aliphatic heterocycles. The summed E-state index contributed by atoms with van der Waals surface area (Å²) in [6.07, 6.45) is 6.58. The lowest BCUT2D eigenvalue weighted by Crippen LogP contribution is -2.50. The molecular weight excluding hydrogens is 503 g/mol. The monoisotopic (exact) mass is 549 g/mol. The molecule has 0 saturated heterocycles. The fourth-order valence-corrected chi connectivity index (χ4v) is 4.37. The number of ether oxygens (including phenoxy) is 1. The van der Waals surface area contributed by atoms with Crippen molar-refractivity contribution in [2.24, 2.45) is 7.05 Å². The van der Waals surface area contributed by atoms with Gasteiger partial charge in [-0.1, -0.05) is 53.4 Å². The van der Waals surface area contributed by atoms with Gasteiger partial charge < -0.3 is 21.1 Å². The Kier molecular flexibility index (Phi) is 18.4. The van der Waals surface area contributed by atoms with Gasteiger partial charge in [-0.15, -0.1) is 13.2 Å². The maximum Gasteiger partial charge on any atom is 0.573 e. The van der Waals surface area contributed by atoms with Crippen LogP contribution in [-0.4, -0.2) is 46.8 Å². The van der Waals surface area contributed by atoms with E-state index in [0.717, 1.165) is 5.69 Å². The predicted molar refractivity (Wildman–Crippen MR) is 149 cm³/mol. The molecular formula is C30H46F3N5O. The highest BCUT2D eigenvalue weighted by Crippen LogP contribution is 2.26. The van der Waals surface area contributed by atoms with Crippen molar-refractivity contribution in [3.63, 3.8) is 0 Å². The normalized spacial score (nSPS) is 11.0. The molecule has 0 spiro atoms. The molecule has 0 aliphatic carbocycles. The maximum atomic E-state index is 12.0. The van der Waals surface area contributed by atoms with Crippen LogP contribution in [-0.2, 0) is 13.5 Å². The third-order valence-corrected chi connectivity index (χ3v) is 6.56. The zero-order valence-electron chi connectivity index (χ0n) is 24.4. The number of benzene rings is 1. The SMILES string of the molecule is CCCC[N+](CCCC)(CCCC)CCCC.Cn1nc(-c2ccc(OC(F)(F)F)cc2)cc1CC#N.[C-]#N. The van der Waals surface area contributed by atoms with Crippen LogP contribution in [0.1, 0.15) is 84.8 Å². The van der Waals surface area contributed by atoms with Crippen LogP contribution in [0.3, 0.4) is 0 Å². The molecule has 0 amide bonds. The highest BCUT2D eigenvalue weighted by molar-refractivity contribution is 5.60. The summed E-state index contributed by atoms with van der Waals surface area (Å²) in [4.78, 5) is 0. The highest BCUT2D eigenvalue weighted by Gasteiger charge is 2.31. The summed E-state index contributed by atoms with van der Waals surface area (Å²) in [6, 6.07) is 9.16. The fraction of sp³-hybridized carbons (Fsp3) is 0.633. The van der Waals surface area contributed by atoms with E-state index in [1.54, 1.807) is 17.8 Å². The summed E-state index contributed by atoms with van der Waals surface area (Å²) in [5.41, 5.74) is 1.98. The van der Waals surface area contributed by atoms with Gasteiger partial charge in [-0.3, -0.25) is 4.68 Å². The summed E-state index contributed by atoms with van der Waals surface area (Å²) < 4.78 is 42.9. The second-order valence-corrected chi connectivity index (χ2v) is 9.70. The van der Waals surface area contributed by atoms with E-state index in [0.29, 0.717) is 11.3 Å². The number of rotatable bonds is 15. The van der Waals surface area contributed by atoms with Crippen LogP contribution in [0.4, 0.5) is 13.2 Å². The van der Waals surface area contributed by atoms with Crippen LogP contribution in [0.25, 0.3) is 11.3 Å². The Morgan fingerprint density at radius 1 is 0.872 bits per heavy atom. The van der Waals surface area contributed by atoms with Gasteiger partial charge in [0.25, 0.3) is 0 Å². The number of unbranched alkanes of at least 4 members (excludes halogenated alkanes) is 4. The van der Waals surface area contributed by atoms with E-state index in [4.69, 9.17) is 17.1 Å². The molecule has 0 atom stereocenters. The van der Waals surface area contributed by atoms with Gasteiger partial charge in [0.1, 0.15) is 5.75 Å². The number of nitriles is 1. The van der Waals surface area contributed by atoms with E-state index < -0.39 is 6.36 Å². The van der Waals surface area contributed by atoms with E-state index in [1.807, 2.05) is 6.07 Å². The summed E-state index contributed by atoms with van der Waals surface area (Å²) in [7, 11) is 1.71. The molecule has 1 aromatic carbocycles. The number of hydrogen-bond donors (Lipinski definition) is 0. The smallest absolute Gasteiger partial charge is 0.512 e. The van der Waals surface area contributed by atoms with Crippen LogP contribution in [0, 0.1) is 23.2 Å². The number of aryl methyl sites for hydroxylation is 1. The number of halogens is 3. The van der Waals surface area contributed by atoms with E-state index >= 15 is 0 Å². The Morgan fingerprint density at radius 2 is 1.31 bits per heavy atom. The van der Waals surface area contributed by atoms with Crippen molar-refractivity contribution >= 4 is 0 Å². The van der Waals surface area contributed by atoms with Crippen LogP contribution in [0.5, 0.6) is 5.75 Å². The molecule has 0 fully saturated rings. The second kappa shape index (κ2) is 19.9. The molecule has 1 heterocycles. The molecule has 2 aromatic rings. The van der Waals surface area contributed by atoms with E-state index in [1.165, 1.54) is 106 Å². The molecule has 2 rings (SSSR count). The van der Waals surface area contributed by atoms with Crippen molar-refractivity contribution < 1.29 is 22.4 Å². The first kappa shape index (κ1) is 36.0.